The third kappa shape index (κ3) is 4.58. The van der Waals surface area contributed by atoms with Crippen LogP contribution in [0.15, 0.2) is 53.7 Å². The van der Waals surface area contributed by atoms with Crippen LogP contribution in [0.25, 0.3) is 0 Å². The van der Waals surface area contributed by atoms with E-state index < -0.39 is 0 Å². The lowest BCUT2D eigenvalue weighted by atomic mass is 9.85. The second-order valence-corrected chi connectivity index (χ2v) is 9.68. The third-order valence-corrected chi connectivity index (χ3v) is 7.11. The van der Waals surface area contributed by atoms with E-state index in [1.807, 2.05) is 12.2 Å². The van der Waals surface area contributed by atoms with Gasteiger partial charge in [0.25, 0.3) is 17.7 Å². The maximum absolute atomic E-state index is 12.8. The molecule has 1 saturated carbocycles. The standard InChI is InChI=1S/C26H23Cl2N3O5/c1-2-35-20-10-14(12-29-31-25(33)22-15-3-4-16(11-15)23(22)26(31)34)9-19(28)24(20)36-13-21(32)30-18-7-5-17(27)6-8-18/h3-10,12,15-16,22-23H,2,11,13H2,1H3,(H,30,32)/t15-,16-,22-,23+/m0/s1. The van der Waals surface area contributed by atoms with E-state index in [1.165, 1.54) is 6.21 Å². The Labute approximate surface area is 217 Å². The number of imide groups is 1. The van der Waals surface area contributed by atoms with Gasteiger partial charge in [0.2, 0.25) is 0 Å². The Kier molecular flexibility index (Phi) is 6.73. The van der Waals surface area contributed by atoms with Gasteiger partial charge < -0.3 is 14.8 Å². The van der Waals surface area contributed by atoms with E-state index in [0.29, 0.717) is 28.6 Å². The number of fused-ring (bicyclic) bond motifs is 5. The molecule has 0 radical (unpaired) electrons. The molecule has 4 atom stereocenters. The summed E-state index contributed by atoms with van der Waals surface area (Å²) in [6.45, 7) is 1.83. The fourth-order valence-electron chi connectivity index (χ4n) is 5.06. The van der Waals surface area contributed by atoms with Gasteiger partial charge in [-0.1, -0.05) is 35.4 Å². The van der Waals surface area contributed by atoms with Gasteiger partial charge in [0.15, 0.2) is 18.1 Å². The second-order valence-electron chi connectivity index (χ2n) is 8.84. The van der Waals surface area contributed by atoms with Crippen molar-refractivity contribution in [2.45, 2.75) is 13.3 Å². The van der Waals surface area contributed by atoms with Crippen molar-refractivity contribution in [3.05, 3.63) is 64.2 Å². The van der Waals surface area contributed by atoms with Crippen LogP contribution in [0, 0.1) is 23.7 Å². The highest BCUT2D eigenvalue weighted by Crippen LogP contribution is 2.52. The summed E-state index contributed by atoms with van der Waals surface area (Å²) in [6.07, 6.45) is 6.33. The predicted octanol–water partition coefficient (Wildman–Crippen LogP) is 4.55. The Morgan fingerprint density at radius 2 is 1.75 bits per heavy atom. The molecule has 2 fully saturated rings. The van der Waals surface area contributed by atoms with E-state index in [9.17, 15) is 14.4 Å². The van der Waals surface area contributed by atoms with Gasteiger partial charge in [0.1, 0.15) is 0 Å². The molecule has 1 heterocycles. The van der Waals surface area contributed by atoms with Crippen molar-refractivity contribution < 1.29 is 23.9 Å². The maximum atomic E-state index is 12.8. The topological polar surface area (TPSA) is 97.3 Å². The molecule has 0 aromatic heterocycles. The average Bonchev–Trinajstić information content (AvgIpc) is 3.53. The lowest BCUT2D eigenvalue weighted by molar-refractivity contribution is -0.140. The molecule has 0 unspecified atom stereocenters. The van der Waals surface area contributed by atoms with Crippen molar-refractivity contribution >= 4 is 52.8 Å². The van der Waals surface area contributed by atoms with Crippen molar-refractivity contribution in [3.63, 3.8) is 0 Å². The first-order chi connectivity index (χ1) is 17.4. The van der Waals surface area contributed by atoms with Gasteiger partial charge in [-0.05, 0) is 67.1 Å². The van der Waals surface area contributed by atoms with E-state index in [2.05, 4.69) is 10.4 Å². The van der Waals surface area contributed by atoms with Crippen LogP contribution in [0.2, 0.25) is 10.0 Å². The molecule has 2 aromatic carbocycles. The zero-order valence-electron chi connectivity index (χ0n) is 19.3. The molecule has 2 aromatic rings. The van der Waals surface area contributed by atoms with E-state index in [0.717, 1.165) is 11.4 Å². The van der Waals surface area contributed by atoms with E-state index in [-0.39, 0.29) is 58.8 Å². The Morgan fingerprint density at radius 3 is 2.39 bits per heavy atom. The summed E-state index contributed by atoms with van der Waals surface area (Å²) < 4.78 is 11.3. The molecule has 1 N–H and O–H groups in total. The first-order valence-corrected chi connectivity index (χ1v) is 12.4. The number of carbonyl (C=O) groups excluding carboxylic acids is 3. The predicted molar refractivity (Wildman–Crippen MR) is 135 cm³/mol. The molecule has 0 spiro atoms. The number of carbonyl (C=O) groups is 3. The van der Waals surface area contributed by atoms with E-state index >= 15 is 0 Å². The molecule has 2 bridgehead atoms. The van der Waals surface area contributed by atoms with Gasteiger partial charge in [0.05, 0.1) is 29.7 Å². The van der Waals surface area contributed by atoms with Crippen LogP contribution < -0.4 is 14.8 Å². The maximum Gasteiger partial charge on any atom is 0.262 e. The monoisotopic (exact) mass is 527 g/mol. The molecular formula is C26H23Cl2N3O5. The fraction of sp³-hybridized carbons (Fsp3) is 0.308. The third-order valence-electron chi connectivity index (χ3n) is 6.58. The fourth-order valence-corrected chi connectivity index (χ4v) is 5.46. The summed E-state index contributed by atoms with van der Waals surface area (Å²) in [6, 6.07) is 9.88. The first kappa shape index (κ1) is 24.3. The van der Waals surface area contributed by atoms with Gasteiger partial charge >= 0.3 is 0 Å². The number of benzene rings is 2. The second kappa shape index (κ2) is 9.95. The normalized spacial score (nSPS) is 24.0. The molecule has 3 aliphatic rings. The molecule has 5 rings (SSSR count). The van der Waals surface area contributed by atoms with Crippen molar-refractivity contribution in [1.29, 1.82) is 0 Å². The lowest BCUT2D eigenvalue weighted by Gasteiger charge is -2.15. The highest BCUT2D eigenvalue weighted by molar-refractivity contribution is 6.32. The molecular weight excluding hydrogens is 505 g/mol. The first-order valence-electron chi connectivity index (χ1n) is 11.6. The molecule has 3 amide bonds. The number of allylic oxidation sites excluding steroid dienone is 2. The van der Waals surface area contributed by atoms with Gasteiger partial charge in [-0.2, -0.15) is 10.1 Å². The number of hydrogen-bond donors (Lipinski definition) is 1. The highest BCUT2D eigenvalue weighted by Gasteiger charge is 2.59. The molecule has 36 heavy (non-hydrogen) atoms. The highest BCUT2D eigenvalue weighted by atomic mass is 35.5. The molecule has 2 aliphatic carbocycles. The number of halogens is 2. The summed E-state index contributed by atoms with van der Waals surface area (Å²) in [4.78, 5) is 38.0. The summed E-state index contributed by atoms with van der Waals surface area (Å²) >= 11 is 12.3. The number of amides is 3. The van der Waals surface area contributed by atoms with Crippen LogP contribution >= 0.6 is 23.2 Å². The minimum absolute atomic E-state index is 0.115. The van der Waals surface area contributed by atoms with Crippen molar-refractivity contribution in [2.75, 3.05) is 18.5 Å². The Hall–Kier alpha value is -3.36. The van der Waals surface area contributed by atoms with Crippen LogP contribution in [0.4, 0.5) is 5.69 Å². The number of nitrogens with zero attached hydrogens (tertiary/aromatic N) is 2. The Balaban J connectivity index is 1.28. The van der Waals surface area contributed by atoms with Gasteiger partial charge in [-0.25, -0.2) is 0 Å². The van der Waals surface area contributed by atoms with Gasteiger partial charge in [-0.15, -0.1) is 0 Å². The number of rotatable bonds is 8. The minimum Gasteiger partial charge on any atom is -0.490 e. The molecule has 10 heteroatoms. The zero-order valence-corrected chi connectivity index (χ0v) is 20.8. The van der Waals surface area contributed by atoms with Gasteiger partial charge in [0, 0.05) is 10.7 Å². The van der Waals surface area contributed by atoms with Crippen LogP contribution in [-0.4, -0.2) is 42.2 Å². The van der Waals surface area contributed by atoms with Crippen LogP contribution in [0.5, 0.6) is 11.5 Å². The smallest absolute Gasteiger partial charge is 0.262 e. The summed E-state index contributed by atoms with van der Waals surface area (Å²) in [5, 5.41) is 8.62. The zero-order chi connectivity index (χ0) is 25.4. The van der Waals surface area contributed by atoms with Crippen molar-refractivity contribution in [1.82, 2.24) is 5.01 Å². The SMILES string of the molecule is CCOc1cc(C=NN2C(=O)[C@@H]3[C@H](C2=O)[C@H]2C=C[C@H]3C2)cc(Cl)c1OCC(=O)Nc1ccc(Cl)cc1. The number of anilines is 1. The summed E-state index contributed by atoms with van der Waals surface area (Å²) in [7, 11) is 0. The van der Waals surface area contributed by atoms with Crippen LogP contribution in [0.1, 0.15) is 18.9 Å². The Morgan fingerprint density at radius 1 is 1.08 bits per heavy atom. The number of ether oxygens (including phenoxy) is 2. The molecule has 186 valence electrons. The number of hydrogen-bond acceptors (Lipinski definition) is 6. The minimum atomic E-state index is -0.387. The summed E-state index contributed by atoms with van der Waals surface area (Å²) in [5.41, 5.74) is 1.09. The van der Waals surface area contributed by atoms with Crippen LogP contribution in [-0.2, 0) is 14.4 Å². The van der Waals surface area contributed by atoms with Crippen molar-refractivity contribution in [3.8, 4) is 11.5 Å². The van der Waals surface area contributed by atoms with Crippen LogP contribution in [0.3, 0.4) is 0 Å². The van der Waals surface area contributed by atoms with E-state index in [4.69, 9.17) is 32.7 Å². The quantitative estimate of drug-likeness (QED) is 0.308. The Bertz CT molecular complexity index is 1250. The number of nitrogens with one attached hydrogen (secondary N) is 1. The lowest BCUT2D eigenvalue weighted by Crippen LogP contribution is -2.28. The largest absolute Gasteiger partial charge is 0.490 e. The molecule has 8 nitrogen and oxygen atoms in total. The van der Waals surface area contributed by atoms with Gasteiger partial charge in [-0.3, -0.25) is 14.4 Å². The van der Waals surface area contributed by atoms with Crippen molar-refractivity contribution in [2.24, 2.45) is 28.8 Å². The molecule has 1 aliphatic heterocycles. The number of hydrazone groups is 1. The molecule has 1 saturated heterocycles. The summed E-state index contributed by atoms with van der Waals surface area (Å²) in [5.74, 6) is -0.809. The average molecular weight is 528 g/mol. The van der Waals surface area contributed by atoms with E-state index in [1.54, 1.807) is 43.3 Å².